The molecule has 1 aromatic carbocycles. The SMILES string of the molecule is CN(Cc1cc2nc(N3CCOC(c4cccc(CCO)c4)C3)ncc2s1)c1ncc(C(=O)O)cn1. The van der Waals surface area contributed by atoms with Gasteiger partial charge in [-0.2, -0.15) is 0 Å². The number of rotatable bonds is 8. The van der Waals surface area contributed by atoms with Crippen LogP contribution < -0.4 is 9.80 Å². The molecule has 1 aliphatic heterocycles. The normalized spacial score (nSPS) is 15.8. The number of hydrogen-bond acceptors (Lipinski definition) is 10. The Balaban J connectivity index is 1.29. The third kappa shape index (κ3) is 5.27. The minimum Gasteiger partial charge on any atom is -0.478 e. The first-order valence-corrected chi connectivity index (χ1v) is 12.4. The van der Waals surface area contributed by atoms with Crippen molar-refractivity contribution in [3.63, 3.8) is 0 Å². The number of fused-ring (bicyclic) bond motifs is 1. The quantitative estimate of drug-likeness (QED) is 0.368. The van der Waals surface area contributed by atoms with Gasteiger partial charge >= 0.3 is 5.97 Å². The molecule has 1 fully saturated rings. The number of benzene rings is 1. The van der Waals surface area contributed by atoms with Gasteiger partial charge in [-0.05, 0) is 23.6 Å². The van der Waals surface area contributed by atoms with Crippen LogP contribution >= 0.6 is 11.3 Å². The standard InChI is InChI=1S/C25H26N6O4S/c1-30(24-26-11-18(12-27-24)23(33)34)14-19-10-20-22(36-19)13-28-25(29-20)31-6-8-35-21(15-31)17-4-2-3-16(9-17)5-7-32/h2-4,9-13,21,32H,5-8,14-15H2,1H3,(H,33,34). The van der Waals surface area contributed by atoms with E-state index in [1.807, 2.05) is 36.3 Å². The van der Waals surface area contributed by atoms with Crippen molar-refractivity contribution in [1.29, 1.82) is 0 Å². The first-order chi connectivity index (χ1) is 17.5. The van der Waals surface area contributed by atoms with E-state index >= 15 is 0 Å². The molecule has 0 amide bonds. The van der Waals surface area contributed by atoms with Crippen LogP contribution in [-0.4, -0.2) is 69.5 Å². The second-order valence-electron chi connectivity index (χ2n) is 8.59. The summed E-state index contributed by atoms with van der Waals surface area (Å²) in [7, 11) is 1.86. The summed E-state index contributed by atoms with van der Waals surface area (Å²) >= 11 is 1.61. The summed E-state index contributed by atoms with van der Waals surface area (Å²) in [4.78, 5) is 33.9. The lowest BCUT2D eigenvalue weighted by Crippen LogP contribution is -2.39. The number of morpholine rings is 1. The van der Waals surface area contributed by atoms with Crippen LogP contribution in [0.3, 0.4) is 0 Å². The van der Waals surface area contributed by atoms with E-state index in [2.05, 4.69) is 32.0 Å². The lowest BCUT2D eigenvalue weighted by molar-refractivity contribution is 0.0392. The number of aromatic nitrogens is 4. The number of aromatic carboxylic acids is 1. The largest absolute Gasteiger partial charge is 0.478 e. The molecule has 0 saturated carbocycles. The van der Waals surface area contributed by atoms with Gasteiger partial charge in [0.25, 0.3) is 0 Å². The van der Waals surface area contributed by atoms with Gasteiger partial charge in [0.15, 0.2) is 0 Å². The van der Waals surface area contributed by atoms with Gasteiger partial charge in [-0.3, -0.25) is 0 Å². The molecule has 4 aromatic rings. The lowest BCUT2D eigenvalue weighted by atomic mass is 10.0. The highest BCUT2D eigenvalue weighted by atomic mass is 32.1. The van der Waals surface area contributed by atoms with E-state index in [1.54, 1.807) is 11.3 Å². The van der Waals surface area contributed by atoms with Crippen LogP contribution in [0.5, 0.6) is 0 Å². The Bertz CT molecular complexity index is 1360. The number of hydrogen-bond donors (Lipinski definition) is 2. The van der Waals surface area contributed by atoms with Crippen molar-refractivity contribution in [2.75, 3.05) is 43.2 Å². The fourth-order valence-electron chi connectivity index (χ4n) is 4.15. The van der Waals surface area contributed by atoms with Crippen molar-refractivity contribution in [2.24, 2.45) is 0 Å². The van der Waals surface area contributed by atoms with Crippen molar-refractivity contribution in [3.8, 4) is 0 Å². The molecule has 0 spiro atoms. The molecule has 0 bridgehead atoms. The summed E-state index contributed by atoms with van der Waals surface area (Å²) in [6.45, 7) is 2.62. The zero-order chi connectivity index (χ0) is 25.1. The number of anilines is 2. The average Bonchev–Trinajstić information content (AvgIpc) is 3.30. The highest BCUT2D eigenvalue weighted by Gasteiger charge is 2.24. The number of nitrogens with zero attached hydrogens (tertiary/aromatic N) is 6. The third-order valence-electron chi connectivity index (χ3n) is 6.00. The summed E-state index contributed by atoms with van der Waals surface area (Å²) in [6, 6.07) is 10.2. The second kappa shape index (κ2) is 10.5. The predicted molar refractivity (Wildman–Crippen MR) is 137 cm³/mol. The summed E-state index contributed by atoms with van der Waals surface area (Å²) in [5.41, 5.74) is 3.11. The molecule has 11 heteroatoms. The fourth-order valence-corrected chi connectivity index (χ4v) is 5.18. The highest BCUT2D eigenvalue weighted by Crippen LogP contribution is 2.29. The summed E-state index contributed by atoms with van der Waals surface area (Å²) < 4.78 is 7.03. The van der Waals surface area contributed by atoms with Crippen LogP contribution in [-0.2, 0) is 17.7 Å². The molecule has 2 N–H and O–H groups in total. The number of carbonyl (C=O) groups is 1. The smallest absolute Gasteiger partial charge is 0.338 e. The molecule has 5 rings (SSSR count). The Morgan fingerprint density at radius 2 is 2.06 bits per heavy atom. The van der Waals surface area contributed by atoms with Gasteiger partial charge in [-0.15, -0.1) is 11.3 Å². The van der Waals surface area contributed by atoms with Crippen LogP contribution in [0.4, 0.5) is 11.9 Å². The van der Waals surface area contributed by atoms with E-state index in [9.17, 15) is 9.90 Å². The average molecular weight is 507 g/mol. The number of ether oxygens (including phenoxy) is 1. The molecule has 3 aromatic heterocycles. The van der Waals surface area contributed by atoms with E-state index in [-0.39, 0.29) is 18.3 Å². The first kappa shape index (κ1) is 24.0. The fraction of sp³-hybridized carbons (Fsp3) is 0.320. The van der Waals surface area contributed by atoms with E-state index in [1.165, 1.54) is 12.4 Å². The Hall–Kier alpha value is -3.67. The van der Waals surface area contributed by atoms with Gasteiger partial charge in [0.2, 0.25) is 11.9 Å². The maximum absolute atomic E-state index is 11.0. The summed E-state index contributed by atoms with van der Waals surface area (Å²) in [6.07, 6.45) is 5.01. The molecule has 0 radical (unpaired) electrons. The van der Waals surface area contributed by atoms with Crippen LogP contribution in [0.2, 0.25) is 0 Å². The minimum absolute atomic E-state index is 0.0556. The van der Waals surface area contributed by atoms with Gasteiger partial charge in [0.05, 0.1) is 41.7 Å². The van der Waals surface area contributed by atoms with Gasteiger partial charge < -0.3 is 24.7 Å². The van der Waals surface area contributed by atoms with Crippen LogP contribution in [0, 0.1) is 0 Å². The zero-order valence-electron chi connectivity index (χ0n) is 19.7. The third-order valence-corrected chi connectivity index (χ3v) is 7.04. The zero-order valence-corrected chi connectivity index (χ0v) is 20.6. The molecule has 1 unspecified atom stereocenters. The van der Waals surface area contributed by atoms with Crippen molar-refractivity contribution in [2.45, 2.75) is 19.1 Å². The monoisotopic (exact) mass is 506 g/mol. The van der Waals surface area contributed by atoms with E-state index in [0.717, 1.165) is 26.2 Å². The Kier molecular flexibility index (Phi) is 7.03. The highest BCUT2D eigenvalue weighted by molar-refractivity contribution is 7.19. The van der Waals surface area contributed by atoms with Gasteiger partial charge in [0, 0.05) is 37.5 Å². The summed E-state index contributed by atoms with van der Waals surface area (Å²) in [5.74, 6) is 0.0733. The van der Waals surface area contributed by atoms with E-state index in [0.29, 0.717) is 44.6 Å². The molecule has 10 nitrogen and oxygen atoms in total. The first-order valence-electron chi connectivity index (χ1n) is 11.6. The van der Waals surface area contributed by atoms with Crippen LogP contribution in [0.25, 0.3) is 10.2 Å². The Labute approximate surface area is 211 Å². The predicted octanol–water partition coefficient (Wildman–Crippen LogP) is 2.93. The molecule has 4 heterocycles. The van der Waals surface area contributed by atoms with E-state index in [4.69, 9.17) is 14.8 Å². The van der Waals surface area contributed by atoms with Gasteiger partial charge in [-0.1, -0.05) is 24.3 Å². The molecule has 1 atom stereocenters. The van der Waals surface area contributed by atoms with Gasteiger partial charge in [-0.25, -0.2) is 24.7 Å². The molecule has 1 aliphatic rings. The summed E-state index contributed by atoms with van der Waals surface area (Å²) in [5, 5.41) is 18.3. The Morgan fingerprint density at radius 1 is 1.22 bits per heavy atom. The Morgan fingerprint density at radius 3 is 2.83 bits per heavy atom. The van der Waals surface area contributed by atoms with Crippen LogP contribution in [0.1, 0.15) is 32.5 Å². The molecule has 0 aliphatic carbocycles. The van der Waals surface area contributed by atoms with Crippen LogP contribution in [0.15, 0.2) is 48.9 Å². The van der Waals surface area contributed by atoms with E-state index < -0.39 is 5.97 Å². The lowest BCUT2D eigenvalue weighted by Gasteiger charge is -2.33. The molecule has 36 heavy (non-hydrogen) atoms. The minimum atomic E-state index is -1.05. The molecular weight excluding hydrogens is 480 g/mol. The molecule has 186 valence electrons. The van der Waals surface area contributed by atoms with Crippen molar-refractivity contribution < 1.29 is 19.7 Å². The maximum Gasteiger partial charge on any atom is 0.338 e. The molecule has 1 saturated heterocycles. The topological polar surface area (TPSA) is 125 Å². The number of carboxylic acid groups (broad SMARTS) is 1. The second-order valence-corrected chi connectivity index (χ2v) is 9.76. The maximum atomic E-state index is 11.0. The van der Waals surface area contributed by atoms with Crippen molar-refractivity contribution in [1.82, 2.24) is 19.9 Å². The number of aliphatic hydroxyl groups excluding tert-OH is 1. The van der Waals surface area contributed by atoms with Gasteiger partial charge in [0.1, 0.15) is 6.10 Å². The number of aliphatic hydroxyl groups is 1. The molecular formula is C25H26N6O4S. The van der Waals surface area contributed by atoms with Crippen molar-refractivity contribution >= 4 is 39.4 Å². The number of thiophene rings is 1. The van der Waals surface area contributed by atoms with Crippen molar-refractivity contribution in [3.05, 3.63) is 70.5 Å². The number of carboxylic acids is 1.